The van der Waals surface area contributed by atoms with Gasteiger partial charge in [-0.05, 0) is 31.2 Å². The number of aromatic amines is 1. The minimum atomic E-state index is 0.792. The van der Waals surface area contributed by atoms with Crippen molar-refractivity contribution in [2.24, 2.45) is 0 Å². The van der Waals surface area contributed by atoms with Gasteiger partial charge in [0.15, 0.2) is 0 Å². The van der Waals surface area contributed by atoms with Crippen LogP contribution in [0.1, 0.15) is 5.56 Å². The molecule has 1 aromatic carbocycles. The van der Waals surface area contributed by atoms with E-state index in [1.54, 1.807) is 0 Å². The number of hydrogen-bond donors (Lipinski definition) is 1. The minimum Gasteiger partial charge on any atom is -0.361 e. The standard InChI is InChI=1S/C15H20ClN3/c1-18-6-8-19(9-7-18)5-4-12-11-17-15-10-13(16)2-3-14(12)15/h2-3,10-11,17H,4-9H2,1H3. The molecule has 1 N–H and O–H groups in total. The second-order valence-corrected chi connectivity index (χ2v) is 5.84. The van der Waals surface area contributed by atoms with E-state index in [4.69, 9.17) is 11.6 Å². The minimum absolute atomic E-state index is 0.792. The van der Waals surface area contributed by atoms with E-state index in [0.717, 1.165) is 23.5 Å². The van der Waals surface area contributed by atoms with Gasteiger partial charge in [-0.25, -0.2) is 0 Å². The molecule has 4 heteroatoms. The van der Waals surface area contributed by atoms with Crippen molar-refractivity contribution >= 4 is 22.5 Å². The monoisotopic (exact) mass is 277 g/mol. The average molecular weight is 278 g/mol. The van der Waals surface area contributed by atoms with E-state index in [9.17, 15) is 0 Å². The normalized spacial score (nSPS) is 18.2. The van der Waals surface area contributed by atoms with Gasteiger partial charge in [-0.3, -0.25) is 0 Å². The Hall–Kier alpha value is -1.03. The molecular weight excluding hydrogens is 258 g/mol. The van der Waals surface area contributed by atoms with Crippen molar-refractivity contribution < 1.29 is 0 Å². The molecule has 0 atom stereocenters. The summed E-state index contributed by atoms with van der Waals surface area (Å²) >= 11 is 6.01. The third kappa shape index (κ3) is 2.94. The van der Waals surface area contributed by atoms with Gasteiger partial charge in [-0.2, -0.15) is 0 Å². The van der Waals surface area contributed by atoms with Crippen molar-refractivity contribution in [3.63, 3.8) is 0 Å². The highest BCUT2D eigenvalue weighted by molar-refractivity contribution is 6.31. The molecule has 0 spiro atoms. The van der Waals surface area contributed by atoms with Gasteiger partial charge >= 0.3 is 0 Å². The van der Waals surface area contributed by atoms with Gasteiger partial charge in [0.1, 0.15) is 0 Å². The van der Waals surface area contributed by atoms with Crippen molar-refractivity contribution in [1.29, 1.82) is 0 Å². The topological polar surface area (TPSA) is 22.3 Å². The lowest BCUT2D eigenvalue weighted by molar-refractivity contribution is 0.155. The summed E-state index contributed by atoms with van der Waals surface area (Å²) < 4.78 is 0. The van der Waals surface area contributed by atoms with E-state index in [2.05, 4.69) is 34.1 Å². The number of halogens is 1. The van der Waals surface area contributed by atoms with Crippen LogP contribution in [0.4, 0.5) is 0 Å². The van der Waals surface area contributed by atoms with Gasteiger partial charge in [-0.1, -0.05) is 17.7 Å². The number of nitrogens with zero attached hydrogens (tertiary/aromatic N) is 2. The third-order valence-corrected chi connectivity index (χ3v) is 4.26. The molecule has 0 aliphatic carbocycles. The number of fused-ring (bicyclic) bond motifs is 1. The van der Waals surface area contributed by atoms with Crippen LogP contribution in [0.2, 0.25) is 5.02 Å². The Labute approximate surface area is 119 Å². The smallest absolute Gasteiger partial charge is 0.0471 e. The first kappa shape index (κ1) is 13.0. The number of benzene rings is 1. The Morgan fingerprint density at radius 1 is 1.21 bits per heavy atom. The zero-order valence-electron chi connectivity index (χ0n) is 11.3. The molecule has 1 aromatic heterocycles. The lowest BCUT2D eigenvalue weighted by Gasteiger charge is -2.32. The van der Waals surface area contributed by atoms with E-state index < -0.39 is 0 Å². The van der Waals surface area contributed by atoms with Crippen LogP contribution in [0.5, 0.6) is 0 Å². The fourth-order valence-corrected chi connectivity index (χ4v) is 2.89. The van der Waals surface area contributed by atoms with Crippen LogP contribution in [-0.2, 0) is 6.42 Å². The van der Waals surface area contributed by atoms with Gasteiger partial charge in [0.25, 0.3) is 0 Å². The lowest BCUT2D eigenvalue weighted by atomic mass is 10.1. The predicted molar refractivity (Wildman–Crippen MR) is 80.9 cm³/mol. The molecule has 2 aromatic rings. The number of rotatable bonds is 3. The molecule has 1 aliphatic rings. The first-order chi connectivity index (χ1) is 9.22. The molecule has 1 aliphatic heterocycles. The third-order valence-electron chi connectivity index (χ3n) is 4.02. The number of likely N-dealkylation sites (N-methyl/N-ethyl adjacent to an activating group) is 1. The summed E-state index contributed by atoms with van der Waals surface area (Å²) in [7, 11) is 2.20. The molecule has 0 saturated carbocycles. The van der Waals surface area contributed by atoms with Crippen molar-refractivity contribution in [2.75, 3.05) is 39.8 Å². The lowest BCUT2D eigenvalue weighted by Crippen LogP contribution is -2.45. The molecule has 19 heavy (non-hydrogen) atoms. The Balaban J connectivity index is 1.65. The Morgan fingerprint density at radius 2 is 2.00 bits per heavy atom. The first-order valence-corrected chi connectivity index (χ1v) is 7.26. The number of piperazine rings is 1. The maximum atomic E-state index is 6.01. The van der Waals surface area contributed by atoms with Gasteiger partial charge in [-0.15, -0.1) is 0 Å². The van der Waals surface area contributed by atoms with E-state index in [-0.39, 0.29) is 0 Å². The van der Waals surface area contributed by atoms with Crippen LogP contribution in [0.25, 0.3) is 10.9 Å². The highest BCUT2D eigenvalue weighted by atomic mass is 35.5. The summed E-state index contributed by atoms with van der Waals surface area (Å²) in [6, 6.07) is 6.08. The molecule has 1 saturated heterocycles. The van der Waals surface area contributed by atoms with Crippen LogP contribution in [-0.4, -0.2) is 54.6 Å². The molecule has 0 bridgehead atoms. The Morgan fingerprint density at radius 3 is 2.79 bits per heavy atom. The fraction of sp³-hybridized carbons (Fsp3) is 0.467. The van der Waals surface area contributed by atoms with Gasteiger partial charge in [0, 0.05) is 54.8 Å². The van der Waals surface area contributed by atoms with Crippen molar-refractivity contribution in [1.82, 2.24) is 14.8 Å². The maximum Gasteiger partial charge on any atom is 0.0471 e. The first-order valence-electron chi connectivity index (χ1n) is 6.89. The molecule has 0 amide bonds. The zero-order chi connectivity index (χ0) is 13.2. The van der Waals surface area contributed by atoms with Gasteiger partial charge in [0.2, 0.25) is 0 Å². The summed E-state index contributed by atoms with van der Waals surface area (Å²) in [6.45, 7) is 5.88. The molecule has 0 radical (unpaired) electrons. The number of nitrogens with one attached hydrogen (secondary N) is 1. The van der Waals surface area contributed by atoms with Crippen LogP contribution in [0, 0.1) is 0 Å². The second-order valence-electron chi connectivity index (χ2n) is 5.40. The van der Waals surface area contributed by atoms with Crippen molar-refractivity contribution in [3.8, 4) is 0 Å². The van der Waals surface area contributed by atoms with Crippen LogP contribution in [0.3, 0.4) is 0 Å². The summed E-state index contributed by atoms with van der Waals surface area (Å²) in [5.41, 5.74) is 2.53. The van der Waals surface area contributed by atoms with Crippen LogP contribution >= 0.6 is 11.6 Å². The second kappa shape index (κ2) is 5.53. The number of H-pyrrole nitrogens is 1. The largest absolute Gasteiger partial charge is 0.361 e. The molecular formula is C15H20ClN3. The van der Waals surface area contributed by atoms with Crippen LogP contribution in [0.15, 0.2) is 24.4 Å². The van der Waals surface area contributed by atoms with Gasteiger partial charge < -0.3 is 14.8 Å². The SMILES string of the molecule is CN1CCN(CCc2c[nH]c3cc(Cl)ccc23)CC1. The van der Waals surface area contributed by atoms with Crippen molar-refractivity contribution in [2.45, 2.75) is 6.42 Å². The highest BCUT2D eigenvalue weighted by Gasteiger charge is 2.14. The van der Waals surface area contributed by atoms with E-state index in [1.165, 1.54) is 37.1 Å². The van der Waals surface area contributed by atoms with Crippen LogP contribution < -0.4 is 0 Å². The van der Waals surface area contributed by atoms with E-state index in [0.29, 0.717) is 0 Å². The number of aromatic nitrogens is 1. The quantitative estimate of drug-likeness (QED) is 0.932. The Bertz CT molecular complexity index is 556. The maximum absolute atomic E-state index is 6.01. The molecule has 102 valence electrons. The zero-order valence-corrected chi connectivity index (χ0v) is 12.1. The Kier molecular flexibility index (Phi) is 3.78. The molecule has 0 unspecified atom stereocenters. The summed E-state index contributed by atoms with van der Waals surface area (Å²) in [4.78, 5) is 8.26. The highest BCUT2D eigenvalue weighted by Crippen LogP contribution is 2.22. The predicted octanol–water partition coefficient (Wildman–Crippen LogP) is 2.61. The summed E-state index contributed by atoms with van der Waals surface area (Å²) in [5.74, 6) is 0. The summed E-state index contributed by atoms with van der Waals surface area (Å²) in [5, 5.41) is 2.10. The summed E-state index contributed by atoms with van der Waals surface area (Å²) in [6.07, 6.45) is 3.22. The molecule has 2 heterocycles. The molecule has 1 fully saturated rings. The average Bonchev–Trinajstić information content (AvgIpc) is 2.80. The van der Waals surface area contributed by atoms with Gasteiger partial charge in [0.05, 0.1) is 0 Å². The van der Waals surface area contributed by atoms with Crippen molar-refractivity contribution in [3.05, 3.63) is 35.0 Å². The van der Waals surface area contributed by atoms with E-state index >= 15 is 0 Å². The molecule has 3 rings (SSSR count). The number of hydrogen-bond acceptors (Lipinski definition) is 2. The fourth-order valence-electron chi connectivity index (χ4n) is 2.72. The molecule has 3 nitrogen and oxygen atoms in total. The van der Waals surface area contributed by atoms with E-state index in [1.807, 2.05) is 12.1 Å².